The molecule has 0 bridgehead atoms. The van der Waals surface area contributed by atoms with Crippen molar-refractivity contribution in [3.63, 3.8) is 0 Å². The lowest BCUT2D eigenvalue weighted by Gasteiger charge is -2.09. The van der Waals surface area contributed by atoms with Crippen molar-refractivity contribution in [3.8, 4) is 5.75 Å². The van der Waals surface area contributed by atoms with Crippen LogP contribution in [-0.2, 0) is 16.2 Å². The normalized spacial score (nSPS) is 16.4. The number of methoxy groups -OCH3 is 1. The smallest absolute Gasteiger partial charge is 0.264 e. The zero-order chi connectivity index (χ0) is 16.1. The molecule has 0 aliphatic carbocycles. The SMILES string of the molecule is COc1ccccc1C1=NOC(C(=O)NCc2ccccn2)C1. The number of amides is 1. The van der Waals surface area contributed by atoms with E-state index in [4.69, 9.17) is 9.57 Å². The molecule has 6 heteroatoms. The van der Waals surface area contributed by atoms with Crippen LogP contribution in [0.2, 0.25) is 0 Å². The maximum atomic E-state index is 12.2. The van der Waals surface area contributed by atoms with Crippen LogP contribution in [0.4, 0.5) is 0 Å². The van der Waals surface area contributed by atoms with Crippen LogP contribution >= 0.6 is 0 Å². The molecule has 1 N–H and O–H groups in total. The number of pyridine rings is 1. The molecule has 2 aromatic rings. The van der Waals surface area contributed by atoms with Crippen LogP contribution in [0.1, 0.15) is 17.7 Å². The Hall–Kier alpha value is -2.89. The molecule has 1 aliphatic rings. The number of carbonyl (C=O) groups is 1. The van der Waals surface area contributed by atoms with Gasteiger partial charge in [-0.15, -0.1) is 0 Å². The van der Waals surface area contributed by atoms with Gasteiger partial charge in [-0.25, -0.2) is 0 Å². The molecule has 118 valence electrons. The quantitative estimate of drug-likeness (QED) is 0.915. The lowest BCUT2D eigenvalue weighted by Crippen LogP contribution is -2.34. The maximum absolute atomic E-state index is 12.2. The third-order valence-corrected chi connectivity index (χ3v) is 3.55. The first-order chi connectivity index (χ1) is 11.3. The zero-order valence-corrected chi connectivity index (χ0v) is 12.7. The molecule has 3 rings (SSSR count). The standard InChI is InChI=1S/C17H17N3O3/c1-22-15-8-3-2-7-13(15)14-10-16(23-20-14)17(21)19-11-12-6-4-5-9-18-12/h2-9,16H,10-11H2,1H3,(H,19,21). The number of rotatable bonds is 5. The second-order valence-corrected chi connectivity index (χ2v) is 5.08. The Kier molecular flexibility index (Phi) is 4.52. The van der Waals surface area contributed by atoms with Crippen LogP contribution < -0.4 is 10.1 Å². The van der Waals surface area contributed by atoms with Crippen LogP contribution in [0.25, 0.3) is 0 Å². The fraction of sp³-hybridized carbons (Fsp3) is 0.235. The number of nitrogens with one attached hydrogen (secondary N) is 1. The summed E-state index contributed by atoms with van der Waals surface area (Å²) in [7, 11) is 1.60. The predicted octanol–water partition coefficient (Wildman–Crippen LogP) is 1.90. The van der Waals surface area contributed by atoms with Gasteiger partial charge in [0.05, 0.1) is 25.1 Å². The molecule has 0 radical (unpaired) electrons. The number of nitrogens with zero attached hydrogens (tertiary/aromatic N) is 2. The molecule has 1 aromatic carbocycles. The highest BCUT2D eigenvalue weighted by atomic mass is 16.6. The summed E-state index contributed by atoms with van der Waals surface area (Å²) in [5, 5.41) is 6.84. The van der Waals surface area contributed by atoms with E-state index in [1.54, 1.807) is 13.3 Å². The average molecular weight is 311 g/mol. The number of hydrogen-bond donors (Lipinski definition) is 1. The van der Waals surface area contributed by atoms with Gasteiger partial charge in [-0.3, -0.25) is 9.78 Å². The maximum Gasteiger partial charge on any atom is 0.264 e. The van der Waals surface area contributed by atoms with Gasteiger partial charge in [-0.1, -0.05) is 23.4 Å². The van der Waals surface area contributed by atoms with Gasteiger partial charge in [0.25, 0.3) is 5.91 Å². The van der Waals surface area contributed by atoms with Crippen LogP contribution in [0.3, 0.4) is 0 Å². The molecule has 1 aromatic heterocycles. The fourth-order valence-electron chi connectivity index (χ4n) is 2.35. The summed E-state index contributed by atoms with van der Waals surface area (Å²) in [6.45, 7) is 0.365. The van der Waals surface area contributed by atoms with E-state index in [0.717, 1.165) is 11.3 Å². The first-order valence-electron chi connectivity index (χ1n) is 7.31. The Bertz CT molecular complexity index is 716. The predicted molar refractivity (Wildman–Crippen MR) is 85.1 cm³/mol. The molecule has 23 heavy (non-hydrogen) atoms. The van der Waals surface area contributed by atoms with Crippen molar-refractivity contribution in [2.45, 2.75) is 19.1 Å². The Morgan fingerprint density at radius 1 is 1.30 bits per heavy atom. The molecule has 2 heterocycles. The van der Waals surface area contributed by atoms with E-state index in [1.807, 2.05) is 42.5 Å². The van der Waals surface area contributed by atoms with Crippen LogP contribution in [-0.4, -0.2) is 29.8 Å². The van der Waals surface area contributed by atoms with Gasteiger partial charge in [0.1, 0.15) is 5.75 Å². The van der Waals surface area contributed by atoms with Gasteiger partial charge in [-0.2, -0.15) is 0 Å². The monoisotopic (exact) mass is 311 g/mol. The van der Waals surface area contributed by atoms with Crippen molar-refractivity contribution < 1.29 is 14.4 Å². The average Bonchev–Trinajstić information content (AvgIpc) is 3.10. The number of carbonyl (C=O) groups excluding carboxylic acids is 1. The largest absolute Gasteiger partial charge is 0.496 e. The number of aromatic nitrogens is 1. The van der Waals surface area contributed by atoms with Gasteiger partial charge in [-0.05, 0) is 24.3 Å². The van der Waals surface area contributed by atoms with Crippen molar-refractivity contribution >= 4 is 11.6 Å². The van der Waals surface area contributed by atoms with Gasteiger partial charge in [0.15, 0.2) is 0 Å². The van der Waals surface area contributed by atoms with E-state index in [-0.39, 0.29) is 5.91 Å². The first-order valence-corrected chi connectivity index (χ1v) is 7.31. The van der Waals surface area contributed by atoms with Gasteiger partial charge < -0.3 is 14.9 Å². The minimum atomic E-state index is -0.626. The number of ether oxygens (including phenoxy) is 1. The summed E-state index contributed by atoms with van der Waals surface area (Å²) in [5.41, 5.74) is 2.35. The summed E-state index contributed by atoms with van der Waals surface area (Å²) in [5.74, 6) is 0.508. The molecule has 1 aliphatic heterocycles. The van der Waals surface area contributed by atoms with Crippen molar-refractivity contribution in [1.29, 1.82) is 0 Å². The summed E-state index contributed by atoms with van der Waals surface area (Å²) in [4.78, 5) is 21.6. The summed E-state index contributed by atoms with van der Waals surface area (Å²) in [6, 6.07) is 13.1. The zero-order valence-electron chi connectivity index (χ0n) is 12.7. The molecule has 0 saturated heterocycles. The van der Waals surface area contributed by atoms with E-state index in [9.17, 15) is 4.79 Å². The topological polar surface area (TPSA) is 72.8 Å². The van der Waals surface area contributed by atoms with Crippen LogP contribution in [0.15, 0.2) is 53.8 Å². The van der Waals surface area contributed by atoms with Crippen molar-refractivity contribution in [2.24, 2.45) is 5.16 Å². The molecule has 6 nitrogen and oxygen atoms in total. The number of oxime groups is 1. The number of benzene rings is 1. The summed E-state index contributed by atoms with van der Waals surface area (Å²) in [6.07, 6.45) is 1.48. The van der Waals surface area contributed by atoms with E-state index >= 15 is 0 Å². The third kappa shape index (κ3) is 3.48. The molecule has 0 spiro atoms. The van der Waals surface area contributed by atoms with Gasteiger partial charge in [0.2, 0.25) is 6.10 Å². The molecule has 1 amide bonds. The Morgan fingerprint density at radius 3 is 2.91 bits per heavy atom. The van der Waals surface area contributed by atoms with Crippen LogP contribution in [0.5, 0.6) is 5.75 Å². The molecule has 1 atom stereocenters. The van der Waals surface area contributed by atoms with Crippen LogP contribution in [0, 0.1) is 0 Å². The molecule has 0 fully saturated rings. The highest BCUT2D eigenvalue weighted by molar-refractivity contribution is 6.05. The van der Waals surface area contributed by atoms with Crippen molar-refractivity contribution in [1.82, 2.24) is 10.3 Å². The minimum Gasteiger partial charge on any atom is -0.496 e. The second kappa shape index (κ2) is 6.91. The molecule has 0 saturated carbocycles. The van der Waals surface area contributed by atoms with Gasteiger partial charge >= 0.3 is 0 Å². The molecular formula is C17H17N3O3. The summed E-state index contributed by atoms with van der Waals surface area (Å²) < 4.78 is 5.31. The van der Waals surface area contributed by atoms with Crippen molar-refractivity contribution in [3.05, 3.63) is 59.9 Å². The molecule has 1 unspecified atom stereocenters. The Balaban J connectivity index is 1.59. The van der Waals surface area contributed by atoms with E-state index in [2.05, 4.69) is 15.5 Å². The highest BCUT2D eigenvalue weighted by Gasteiger charge is 2.29. The first kappa shape index (κ1) is 15.0. The Labute approximate surface area is 134 Å². The fourth-order valence-corrected chi connectivity index (χ4v) is 2.35. The lowest BCUT2D eigenvalue weighted by atomic mass is 10.0. The van der Waals surface area contributed by atoms with Gasteiger partial charge in [0, 0.05) is 18.2 Å². The minimum absolute atomic E-state index is 0.204. The summed E-state index contributed by atoms with van der Waals surface area (Å²) >= 11 is 0. The number of hydrogen-bond acceptors (Lipinski definition) is 5. The Morgan fingerprint density at radius 2 is 2.13 bits per heavy atom. The number of para-hydroxylation sites is 1. The van der Waals surface area contributed by atoms with E-state index in [0.29, 0.717) is 24.4 Å². The second-order valence-electron chi connectivity index (χ2n) is 5.08. The third-order valence-electron chi connectivity index (χ3n) is 3.55. The highest BCUT2D eigenvalue weighted by Crippen LogP contribution is 2.24. The molecular weight excluding hydrogens is 294 g/mol. The lowest BCUT2D eigenvalue weighted by molar-refractivity contribution is -0.131. The van der Waals surface area contributed by atoms with Crippen molar-refractivity contribution in [2.75, 3.05) is 7.11 Å². The van der Waals surface area contributed by atoms with E-state index < -0.39 is 6.10 Å². The van der Waals surface area contributed by atoms with E-state index in [1.165, 1.54) is 0 Å².